The Hall–Kier alpha value is -1.88. The lowest BCUT2D eigenvalue weighted by molar-refractivity contribution is -0.137. The molecule has 1 atom stereocenters. The third-order valence-electron chi connectivity index (χ3n) is 3.13. The van der Waals surface area contributed by atoms with E-state index < -0.39 is 11.5 Å². The van der Waals surface area contributed by atoms with Crippen LogP contribution >= 0.6 is 0 Å². The Labute approximate surface area is 119 Å². The van der Waals surface area contributed by atoms with Gasteiger partial charge < -0.3 is 16.2 Å². The average molecular weight is 278 g/mol. The number of aryl methyl sites for hydroxylation is 1. The van der Waals surface area contributed by atoms with Crippen molar-refractivity contribution in [3.8, 4) is 0 Å². The lowest BCUT2D eigenvalue weighted by atomic mass is 9.96. The number of benzene rings is 1. The first-order valence-corrected chi connectivity index (χ1v) is 6.76. The summed E-state index contributed by atoms with van der Waals surface area (Å²) in [4.78, 5) is 22.5. The Bertz CT molecular complexity index is 467. The standard InChI is InChI=1S/C15H22N2O3/c1-3-10-15(2,16)14(20)17-12-7-4-11(5-8-12)6-9-13(18)19/h4-5,7-8H,3,6,9-10,16H2,1-2H3,(H,17,20)(H,18,19). The van der Waals surface area contributed by atoms with E-state index in [1.165, 1.54) is 0 Å². The van der Waals surface area contributed by atoms with Crippen molar-refractivity contribution >= 4 is 17.6 Å². The number of carbonyl (C=O) groups is 2. The molecule has 0 aliphatic carbocycles. The van der Waals surface area contributed by atoms with Gasteiger partial charge in [0.2, 0.25) is 5.91 Å². The van der Waals surface area contributed by atoms with E-state index >= 15 is 0 Å². The van der Waals surface area contributed by atoms with Crippen LogP contribution in [-0.2, 0) is 16.0 Å². The van der Waals surface area contributed by atoms with Crippen molar-refractivity contribution in [1.82, 2.24) is 0 Å². The highest BCUT2D eigenvalue weighted by atomic mass is 16.4. The van der Waals surface area contributed by atoms with Crippen LogP contribution < -0.4 is 11.1 Å². The smallest absolute Gasteiger partial charge is 0.303 e. The highest BCUT2D eigenvalue weighted by molar-refractivity contribution is 5.97. The topological polar surface area (TPSA) is 92.4 Å². The minimum absolute atomic E-state index is 0.100. The number of hydrogen-bond acceptors (Lipinski definition) is 3. The van der Waals surface area contributed by atoms with Crippen molar-refractivity contribution < 1.29 is 14.7 Å². The molecule has 0 fully saturated rings. The summed E-state index contributed by atoms with van der Waals surface area (Å²) in [6.07, 6.45) is 2.04. The third kappa shape index (κ3) is 5.01. The van der Waals surface area contributed by atoms with Gasteiger partial charge in [-0.15, -0.1) is 0 Å². The van der Waals surface area contributed by atoms with Crippen LogP contribution in [-0.4, -0.2) is 22.5 Å². The van der Waals surface area contributed by atoms with Gasteiger partial charge in [0.15, 0.2) is 0 Å². The Balaban J connectivity index is 2.61. The molecule has 1 aromatic rings. The van der Waals surface area contributed by atoms with Crippen LogP contribution in [0.4, 0.5) is 5.69 Å². The van der Waals surface area contributed by atoms with Crippen molar-refractivity contribution in [3.63, 3.8) is 0 Å². The number of aliphatic carboxylic acids is 1. The van der Waals surface area contributed by atoms with Gasteiger partial charge in [0.25, 0.3) is 0 Å². The number of hydrogen-bond donors (Lipinski definition) is 3. The second-order valence-electron chi connectivity index (χ2n) is 5.21. The predicted molar refractivity (Wildman–Crippen MR) is 78.5 cm³/mol. The van der Waals surface area contributed by atoms with Crippen LogP contribution in [0.15, 0.2) is 24.3 Å². The number of carboxylic acids is 1. The molecule has 4 N–H and O–H groups in total. The molecule has 0 radical (unpaired) electrons. The molecular weight excluding hydrogens is 256 g/mol. The van der Waals surface area contributed by atoms with Gasteiger partial charge in [0.05, 0.1) is 5.54 Å². The van der Waals surface area contributed by atoms with Crippen molar-refractivity contribution in [2.75, 3.05) is 5.32 Å². The molecule has 20 heavy (non-hydrogen) atoms. The van der Waals surface area contributed by atoms with E-state index in [-0.39, 0.29) is 12.3 Å². The molecule has 110 valence electrons. The van der Waals surface area contributed by atoms with E-state index in [1.54, 1.807) is 19.1 Å². The number of carbonyl (C=O) groups excluding carboxylic acids is 1. The summed E-state index contributed by atoms with van der Waals surface area (Å²) in [6.45, 7) is 3.70. The van der Waals surface area contributed by atoms with E-state index in [2.05, 4.69) is 5.32 Å². The van der Waals surface area contributed by atoms with Crippen LogP contribution in [0.25, 0.3) is 0 Å². The van der Waals surface area contributed by atoms with Crippen molar-refractivity contribution in [2.24, 2.45) is 5.73 Å². The van der Waals surface area contributed by atoms with E-state index in [0.29, 0.717) is 18.5 Å². The summed E-state index contributed by atoms with van der Waals surface area (Å²) >= 11 is 0. The van der Waals surface area contributed by atoms with Gasteiger partial charge in [0.1, 0.15) is 0 Å². The average Bonchev–Trinajstić information content (AvgIpc) is 2.37. The van der Waals surface area contributed by atoms with E-state index in [0.717, 1.165) is 12.0 Å². The molecule has 0 saturated heterocycles. The minimum Gasteiger partial charge on any atom is -0.481 e. The van der Waals surface area contributed by atoms with E-state index in [4.69, 9.17) is 10.8 Å². The summed E-state index contributed by atoms with van der Waals surface area (Å²) in [5.74, 6) is -1.03. The van der Waals surface area contributed by atoms with Gasteiger partial charge in [-0.3, -0.25) is 9.59 Å². The highest BCUT2D eigenvalue weighted by Crippen LogP contribution is 2.15. The van der Waals surface area contributed by atoms with Crippen LogP contribution in [0.2, 0.25) is 0 Å². The molecule has 0 aliphatic heterocycles. The second-order valence-corrected chi connectivity index (χ2v) is 5.21. The Morgan fingerprint density at radius 2 is 1.90 bits per heavy atom. The maximum atomic E-state index is 12.0. The van der Waals surface area contributed by atoms with Crippen LogP contribution in [0.3, 0.4) is 0 Å². The van der Waals surface area contributed by atoms with Crippen molar-refractivity contribution in [3.05, 3.63) is 29.8 Å². The van der Waals surface area contributed by atoms with Gasteiger partial charge in [-0.2, -0.15) is 0 Å². The fourth-order valence-corrected chi connectivity index (χ4v) is 1.91. The number of anilines is 1. The number of amides is 1. The predicted octanol–water partition coefficient (Wildman–Crippen LogP) is 2.16. The largest absolute Gasteiger partial charge is 0.481 e. The van der Waals surface area contributed by atoms with Gasteiger partial charge in [0, 0.05) is 12.1 Å². The lowest BCUT2D eigenvalue weighted by Gasteiger charge is -2.22. The number of rotatable bonds is 7. The SMILES string of the molecule is CCCC(C)(N)C(=O)Nc1ccc(CCC(=O)O)cc1. The molecule has 5 heteroatoms. The molecule has 0 spiro atoms. The van der Waals surface area contributed by atoms with Crippen LogP contribution in [0, 0.1) is 0 Å². The third-order valence-corrected chi connectivity index (χ3v) is 3.13. The summed E-state index contributed by atoms with van der Waals surface area (Å²) in [5.41, 5.74) is 6.67. The minimum atomic E-state index is -0.878. The second kappa shape index (κ2) is 7.05. The summed E-state index contributed by atoms with van der Waals surface area (Å²) < 4.78 is 0. The zero-order valence-electron chi connectivity index (χ0n) is 12.0. The molecule has 1 amide bonds. The fraction of sp³-hybridized carbons (Fsp3) is 0.467. The Morgan fingerprint density at radius 1 is 1.30 bits per heavy atom. The molecule has 0 aromatic heterocycles. The Kier molecular flexibility index (Phi) is 5.70. The molecule has 0 bridgehead atoms. The maximum absolute atomic E-state index is 12.0. The number of nitrogens with two attached hydrogens (primary N) is 1. The molecule has 1 aromatic carbocycles. The van der Waals surface area contributed by atoms with Gasteiger partial charge in [-0.1, -0.05) is 25.5 Å². The first kappa shape index (κ1) is 16.2. The molecule has 5 nitrogen and oxygen atoms in total. The lowest BCUT2D eigenvalue weighted by Crippen LogP contribution is -2.48. The van der Waals surface area contributed by atoms with Gasteiger partial charge in [-0.05, 0) is 37.5 Å². The summed E-state index contributed by atoms with van der Waals surface area (Å²) in [5, 5.41) is 11.4. The van der Waals surface area contributed by atoms with Crippen LogP contribution in [0.1, 0.15) is 38.7 Å². The Morgan fingerprint density at radius 3 is 2.40 bits per heavy atom. The molecular formula is C15H22N2O3. The zero-order chi connectivity index (χ0) is 15.2. The van der Waals surface area contributed by atoms with E-state index in [9.17, 15) is 9.59 Å². The van der Waals surface area contributed by atoms with Crippen molar-refractivity contribution in [1.29, 1.82) is 0 Å². The zero-order valence-corrected chi connectivity index (χ0v) is 12.0. The number of carboxylic acid groups (broad SMARTS) is 1. The summed E-state index contributed by atoms with van der Waals surface area (Å²) in [6, 6.07) is 7.15. The molecule has 1 unspecified atom stereocenters. The van der Waals surface area contributed by atoms with Gasteiger partial charge >= 0.3 is 5.97 Å². The molecule has 0 saturated carbocycles. The normalized spacial score (nSPS) is 13.6. The molecule has 0 aliphatic rings. The van der Waals surface area contributed by atoms with Gasteiger partial charge in [-0.25, -0.2) is 0 Å². The first-order chi connectivity index (χ1) is 9.35. The molecule has 1 rings (SSSR count). The maximum Gasteiger partial charge on any atom is 0.303 e. The fourth-order valence-electron chi connectivity index (χ4n) is 1.91. The number of nitrogens with one attached hydrogen (secondary N) is 1. The monoisotopic (exact) mass is 278 g/mol. The highest BCUT2D eigenvalue weighted by Gasteiger charge is 2.26. The van der Waals surface area contributed by atoms with Crippen LogP contribution in [0.5, 0.6) is 0 Å². The van der Waals surface area contributed by atoms with E-state index in [1.807, 2.05) is 19.1 Å². The molecule has 0 heterocycles. The summed E-state index contributed by atoms with van der Waals surface area (Å²) in [7, 11) is 0. The van der Waals surface area contributed by atoms with Crippen molar-refractivity contribution in [2.45, 2.75) is 45.1 Å². The first-order valence-electron chi connectivity index (χ1n) is 6.76. The quantitative estimate of drug-likeness (QED) is 0.712.